The number of nitrogens with one attached hydrogen (secondary N) is 2. The number of hydrogen-bond donors (Lipinski definition) is 2. The van der Waals surface area contributed by atoms with Crippen molar-refractivity contribution in [1.29, 1.82) is 0 Å². The number of fused-ring (bicyclic) bond motifs is 1. The van der Waals surface area contributed by atoms with Crippen molar-refractivity contribution >= 4 is 12.0 Å². The van der Waals surface area contributed by atoms with Crippen molar-refractivity contribution in [2.75, 3.05) is 7.05 Å². The van der Waals surface area contributed by atoms with Crippen molar-refractivity contribution in [1.82, 2.24) is 10.6 Å². The fourth-order valence-corrected chi connectivity index (χ4v) is 3.73. The van der Waals surface area contributed by atoms with E-state index in [0.29, 0.717) is 0 Å². The normalized spacial score (nSPS) is 17.3. The zero-order chi connectivity index (χ0) is 18.8. The quantitative estimate of drug-likeness (QED) is 0.767. The predicted molar refractivity (Wildman–Crippen MR) is 115 cm³/mol. The monoisotopic (exact) mass is 358 g/mol. The Morgan fingerprint density at radius 2 is 2.08 bits per heavy atom. The zero-order valence-electron chi connectivity index (χ0n) is 16.4. The van der Waals surface area contributed by atoms with Crippen LogP contribution in [0.5, 0.6) is 0 Å². The molecule has 1 aromatic rings. The minimum Gasteiger partial charge on any atom is -0.394 e. The first-order valence-corrected chi connectivity index (χ1v) is 10.0. The number of carbonyl (C=O) groups is 1. The Hall–Kier alpha value is -2.03. The molecule has 1 fully saturated rings. The van der Waals surface area contributed by atoms with E-state index in [1.807, 2.05) is 7.05 Å². The molecular formula is C23H38N2O. The van der Waals surface area contributed by atoms with Crippen LogP contribution in [0.2, 0.25) is 0 Å². The molecule has 2 aliphatic rings. The summed E-state index contributed by atoms with van der Waals surface area (Å²) in [5.74, 6) is 0.521. The second kappa shape index (κ2) is 10.8. The van der Waals surface area contributed by atoms with Gasteiger partial charge in [-0.05, 0) is 61.9 Å². The highest BCUT2D eigenvalue weighted by molar-refractivity contribution is 5.79. The van der Waals surface area contributed by atoms with Gasteiger partial charge in [-0.2, -0.15) is 0 Å². The molecule has 0 radical (unpaired) electrons. The third-order valence-corrected chi connectivity index (χ3v) is 5.20. The number of aryl methyl sites for hydroxylation is 1. The molecular weight excluding hydrogens is 320 g/mol. The average molecular weight is 359 g/mol. The Labute approximate surface area is 161 Å². The van der Waals surface area contributed by atoms with Gasteiger partial charge in [-0.15, -0.1) is 0 Å². The minimum absolute atomic E-state index is 0. The highest BCUT2D eigenvalue weighted by atomic mass is 16.1. The summed E-state index contributed by atoms with van der Waals surface area (Å²) in [6.45, 7) is 5.49. The third kappa shape index (κ3) is 6.36. The van der Waals surface area contributed by atoms with Gasteiger partial charge in [0.15, 0.2) is 0 Å². The van der Waals surface area contributed by atoms with Crippen LogP contribution in [0.15, 0.2) is 37.1 Å². The molecule has 1 saturated carbocycles. The number of benzene rings is 1. The SMILES string of the molecule is C=CNC.C[C@H](Cc1ccc2c(c1)C=CCC2)NC(=O)C1CCCCC1.[HH].[HH]. The summed E-state index contributed by atoms with van der Waals surface area (Å²) >= 11 is 0. The van der Waals surface area contributed by atoms with Crippen molar-refractivity contribution in [3.05, 3.63) is 53.7 Å². The van der Waals surface area contributed by atoms with E-state index in [0.717, 1.165) is 32.1 Å². The van der Waals surface area contributed by atoms with E-state index in [1.165, 1.54) is 36.0 Å². The zero-order valence-corrected chi connectivity index (χ0v) is 16.4. The summed E-state index contributed by atoms with van der Waals surface area (Å²) in [7, 11) is 1.81. The van der Waals surface area contributed by atoms with Crippen LogP contribution in [0.1, 0.15) is 65.0 Å². The van der Waals surface area contributed by atoms with Crippen LogP contribution in [0, 0.1) is 5.92 Å². The van der Waals surface area contributed by atoms with Gasteiger partial charge in [0.1, 0.15) is 0 Å². The number of allylic oxidation sites excluding steroid dienone is 1. The highest BCUT2D eigenvalue weighted by Gasteiger charge is 2.22. The first-order valence-electron chi connectivity index (χ1n) is 10.0. The average Bonchev–Trinajstić information content (AvgIpc) is 2.68. The van der Waals surface area contributed by atoms with Gasteiger partial charge in [0.05, 0.1) is 0 Å². The first-order chi connectivity index (χ1) is 12.6. The molecule has 0 saturated heterocycles. The van der Waals surface area contributed by atoms with Crippen LogP contribution in [-0.2, 0) is 17.6 Å². The number of carbonyl (C=O) groups excluding carboxylic acids is 1. The molecule has 0 bridgehead atoms. The van der Waals surface area contributed by atoms with Crippen LogP contribution in [0.4, 0.5) is 0 Å². The van der Waals surface area contributed by atoms with Crippen molar-refractivity contribution in [3.8, 4) is 0 Å². The second-order valence-corrected chi connectivity index (χ2v) is 7.42. The van der Waals surface area contributed by atoms with Crippen LogP contribution in [-0.4, -0.2) is 19.0 Å². The second-order valence-electron chi connectivity index (χ2n) is 7.42. The van der Waals surface area contributed by atoms with E-state index >= 15 is 0 Å². The minimum atomic E-state index is 0. The summed E-state index contributed by atoms with van der Waals surface area (Å²) in [5, 5.41) is 5.92. The number of rotatable bonds is 5. The van der Waals surface area contributed by atoms with Gasteiger partial charge in [-0.3, -0.25) is 4.79 Å². The molecule has 2 N–H and O–H groups in total. The maximum absolute atomic E-state index is 12.3. The van der Waals surface area contributed by atoms with E-state index in [4.69, 9.17) is 0 Å². The smallest absolute Gasteiger partial charge is 0.223 e. The Balaban J connectivity index is 0.00000111. The molecule has 3 rings (SSSR count). The standard InChI is InChI=1S/C20H27NO.C3H7N.2H2/c1-15(21-20(22)18-8-3-2-4-9-18)13-16-11-12-17-7-5-6-10-19(17)14-16;1-3-4-2;;/h6,10-12,14-15,18H,2-5,7-9,13H2,1H3,(H,21,22);3-4H,1H2,2H3;2*1H/t15-;;;/m1.../s1. The van der Waals surface area contributed by atoms with Crippen LogP contribution in [0.25, 0.3) is 6.08 Å². The van der Waals surface area contributed by atoms with E-state index < -0.39 is 0 Å². The summed E-state index contributed by atoms with van der Waals surface area (Å²) in [6, 6.07) is 6.97. The lowest BCUT2D eigenvalue weighted by atomic mass is 9.88. The molecule has 146 valence electrons. The van der Waals surface area contributed by atoms with E-state index in [-0.39, 0.29) is 20.7 Å². The first kappa shape index (κ1) is 20.3. The van der Waals surface area contributed by atoms with Gasteiger partial charge in [0.25, 0.3) is 0 Å². The van der Waals surface area contributed by atoms with Crippen molar-refractivity contribution in [2.24, 2.45) is 5.92 Å². The topological polar surface area (TPSA) is 41.1 Å². The lowest BCUT2D eigenvalue weighted by Gasteiger charge is -2.23. The molecule has 0 aliphatic heterocycles. The Bertz CT molecular complexity index is 625. The van der Waals surface area contributed by atoms with Gasteiger partial charge in [0, 0.05) is 21.9 Å². The maximum Gasteiger partial charge on any atom is 0.223 e. The largest absolute Gasteiger partial charge is 0.394 e. The molecule has 0 heterocycles. The van der Waals surface area contributed by atoms with Gasteiger partial charge < -0.3 is 10.6 Å². The molecule has 1 aromatic carbocycles. The highest BCUT2D eigenvalue weighted by Crippen LogP contribution is 2.24. The summed E-state index contributed by atoms with van der Waals surface area (Å²) in [6.07, 6.45) is 15.2. The van der Waals surface area contributed by atoms with Gasteiger partial charge in [0.2, 0.25) is 5.91 Å². The predicted octanol–water partition coefficient (Wildman–Crippen LogP) is 5.11. The van der Waals surface area contributed by atoms with Gasteiger partial charge in [-0.25, -0.2) is 0 Å². The third-order valence-electron chi connectivity index (χ3n) is 5.20. The van der Waals surface area contributed by atoms with Crippen LogP contribution >= 0.6 is 0 Å². The van der Waals surface area contributed by atoms with Gasteiger partial charge in [-0.1, -0.05) is 56.2 Å². The summed E-state index contributed by atoms with van der Waals surface area (Å²) in [4.78, 5) is 12.3. The van der Waals surface area contributed by atoms with Crippen molar-refractivity contribution in [2.45, 2.75) is 64.3 Å². The molecule has 2 aliphatic carbocycles. The van der Waals surface area contributed by atoms with E-state index in [2.05, 4.69) is 54.5 Å². The van der Waals surface area contributed by atoms with Crippen LogP contribution < -0.4 is 10.6 Å². The van der Waals surface area contributed by atoms with Crippen molar-refractivity contribution < 1.29 is 7.65 Å². The van der Waals surface area contributed by atoms with Crippen LogP contribution in [0.3, 0.4) is 0 Å². The lowest BCUT2D eigenvalue weighted by molar-refractivity contribution is -0.126. The Kier molecular flexibility index (Phi) is 8.46. The van der Waals surface area contributed by atoms with E-state index in [9.17, 15) is 4.79 Å². The Morgan fingerprint density at radius 1 is 1.35 bits per heavy atom. The molecule has 26 heavy (non-hydrogen) atoms. The fraction of sp³-hybridized carbons (Fsp3) is 0.522. The lowest BCUT2D eigenvalue weighted by Crippen LogP contribution is -2.39. The molecule has 1 atom stereocenters. The maximum atomic E-state index is 12.3. The summed E-state index contributed by atoms with van der Waals surface area (Å²) < 4.78 is 0. The Morgan fingerprint density at radius 3 is 2.77 bits per heavy atom. The number of hydrogen-bond acceptors (Lipinski definition) is 2. The van der Waals surface area contributed by atoms with Gasteiger partial charge >= 0.3 is 0 Å². The molecule has 0 aromatic heterocycles. The molecule has 0 spiro atoms. The molecule has 1 amide bonds. The number of amides is 1. The molecule has 3 heteroatoms. The molecule has 0 unspecified atom stereocenters. The summed E-state index contributed by atoms with van der Waals surface area (Å²) in [5.41, 5.74) is 4.13. The van der Waals surface area contributed by atoms with E-state index in [1.54, 1.807) is 6.20 Å². The van der Waals surface area contributed by atoms with Crippen molar-refractivity contribution in [3.63, 3.8) is 0 Å². The molecule has 3 nitrogen and oxygen atoms in total. The fourth-order valence-electron chi connectivity index (χ4n) is 3.73.